The first kappa shape index (κ1) is 13.6. The van der Waals surface area contributed by atoms with Crippen LogP contribution in [0, 0.1) is 0 Å². The zero-order chi connectivity index (χ0) is 15.0. The van der Waals surface area contributed by atoms with Gasteiger partial charge in [0.1, 0.15) is 0 Å². The van der Waals surface area contributed by atoms with E-state index in [1.165, 1.54) is 16.5 Å². The molecule has 0 saturated heterocycles. The summed E-state index contributed by atoms with van der Waals surface area (Å²) in [6.45, 7) is 0.331. The molecule has 21 heavy (non-hydrogen) atoms. The van der Waals surface area contributed by atoms with Crippen molar-refractivity contribution < 1.29 is 13.2 Å². The summed E-state index contributed by atoms with van der Waals surface area (Å²) in [5, 5.41) is 7.80. The Balaban J connectivity index is 2.22. The lowest BCUT2D eigenvalue weighted by Crippen LogP contribution is -2.08. The zero-order valence-corrected chi connectivity index (χ0v) is 10.8. The molecule has 0 saturated carbocycles. The van der Waals surface area contributed by atoms with Gasteiger partial charge in [0.25, 0.3) is 0 Å². The van der Waals surface area contributed by atoms with Crippen LogP contribution >= 0.6 is 0 Å². The lowest BCUT2D eigenvalue weighted by molar-refractivity contribution is -0.137. The summed E-state index contributed by atoms with van der Waals surface area (Å²) in [5.74, 6) is 0.154. The molecule has 0 spiro atoms. The van der Waals surface area contributed by atoms with Gasteiger partial charge in [0.15, 0.2) is 11.5 Å². The number of alkyl halides is 3. The molecule has 0 aliphatic carbocycles. The molecule has 0 aliphatic heterocycles. The van der Waals surface area contributed by atoms with Crippen molar-refractivity contribution >= 4 is 5.65 Å². The van der Waals surface area contributed by atoms with E-state index in [9.17, 15) is 13.2 Å². The highest BCUT2D eigenvalue weighted by atomic mass is 19.4. The molecule has 4 nitrogen and oxygen atoms in total. The Kier molecular flexibility index (Phi) is 3.13. The first-order valence-corrected chi connectivity index (χ1v) is 6.21. The topological polar surface area (TPSA) is 56.2 Å². The molecule has 2 N–H and O–H groups in total. The van der Waals surface area contributed by atoms with E-state index in [2.05, 4.69) is 10.2 Å². The van der Waals surface area contributed by atoms with E-state index in [4.69, 9.17) is 5.73 Å². The fourth-order valence-electron chi connectivity index (χ4n) is 2.17. The van der Waals surface area contributed by atoms with Gasteiger partial charge in [-0.25, -0.2) is 0 Å². The van der Waals surface area contributed by atoms with Gasteiger partial charge in [-0.1, -0.05) is 18.2 Å². The van der Waals surface area contributed by atoms with E-state index >= 15 is 0 Å². The van der Waals surface area contributed by atoms with Crippen LogP contribution < -0.4 is 5.73 Å². The summed E-state index contributed by atoms with van der Waals surface area (Å²) in [6, 6.07) is 8.74. The van der Waals surface area contributed by atoms with Gasteiger partial charge in [0, 0.05) is 18.3 Å². The van der Waals surface area contributed by atoms with Crippen LogP contribution in [0.1, 0.15) is 11.1 Å². The first-order valence-electron chi connectivity index (χ1n) is 6.21. The van der Waals surface area contributed by atoms with E-state index in [1.54, 1.807) is 24.4 Å². The second-order valence-electron chi connectivity index (χ2n) is 4.53. The van der Waals surface area contributed by atoms with E-state index < -0.39 is 11.7 Å². The van der Waals surface area contributed by atoms with Crippen LogP contribution in [0.3, 0.4) is 0 Å². The normalized spacial score (nSPS) is 12.0. The van der Waals surface area contributed by atoms with E-state index in [-0.39, 0.29) is 11.4 Å². The Morgan fingerprint density at radius 2 is 1.86 bits per heavy atom. The van der Waals surface area contributed by atoms with Crippen LogP contribution in [-0.2, 0) is 12.7 Å². The minimum absolute atomic E-state index is 0.00185. The van der Waals surface area contributed by atoms with Crippen LogP contribution in [0.25, 0.3) is 17.0 Å². The predicted octanol–water partition coefficient (Wildman–Crippen LogP) is 2.87. The maximum Gasteiger partial charge on any atom is 0.417 e. The Bertz CT molecular complexity index is 792. The van der Waals surface area contributed by atoms with Gasteiger partial charge in [-0.3, -0.25) is 4.40 Å². The SMILES string of the molecule is NCc1ccn2c(-c3ccccc3C(F)(F)F)nnc2c1. The number of pyridine rings is 1. The Morgan fingerprint density at radius 3 is 2.57 bits per heavy atom. The fourth-order valence-corrected chi connectivity index (χ4v) is 2.17. The van der Waals surface area contributed by atoms with Gasteiger partial charge in [-0.15, -0.1) is 10.2 Å². The third-order valence-corrected chi connectivity index (χ3v) is 3.18. The number of hydrogen-bond acceptors (Lipinski definition) is 3. The lowest BCUT2D eigenvalue weighted by Gasteiger charge is -2.11. The summed E-state index contributed by atoms with van der Waals surface area (Å²) in [5.41, 5.74) is 6.10. The molecule has 7 heteroatoms. The monoisotopic (exact) mass is 292 g/mol. The highest BCUT2D eigenvalue weighted by molar-refractivity contribution is 5.64. The van der Waals surface area contributed by atoms with E-state index in [0.717, 1.165) is 11.6 Å². The Labute approximate surface area is 118 Å². The van der Waals surface area contributed by atoms with Crippen molar-refractivity contribution in [3.05, 3.63) is 53.7 Å². The minimum atomic E-state index is -4.44. The number of benzene rings is 1. The second kappa shape index (κ2) is 4.85. The summed E-state index contributed by atoms with van der Waals surface area (Å²) < 4.78 is 40.8. The minimum Gasteiger partial charge on any atom is -0.326 e. The van der Waals surface area contributed by atoms with Crippen molar-refractivity contribution in [3.8, 4) is 11.4 Å². The standard InChI is InChI=1S/C14H11F3N4/c15-14(16,17)11-4-2-1-3-10(11)13-20-19-12-7-9(8-18)5-6-21(12)13/h1-7H,8,18H2. The summed E-state index contributed by atoms with van der Waals surface area (Å²) in [4.78, 5) is 0. The number of aromatic nitrogens is 3. The first-order chi connectivity index (χ1) is 10.0. The van der Waals surface area contributed by atoms with Crippen molar-refractivity contribution in [2.45, 2.75) is 12.7 Å². The van der Waals surface area contributed by atoms with Gasteiger partial charge in [-0.2, -0.15) is 13.2 Å². The van der Waals surface area contributed by atoms with Gasteiger partial charge < -0.3 is 5.73 Å². The number of halogens is 3. The molecular formula is C14H11F3N4. The molecule has 0 aliphatic rings. The summed E-state index contributed by atoms with van der Waals surface area (Å²) >= 11 is 0. The average molecular weight is 292 g/mol. The van der Waals surface area contributed by atoms with Gasteiger partial charge >= 0.3 is 6.18 Å². The maximum absolute atomic E-state index is 13.1. The van der Waals surface area contributed by atoms with Crippen LogP contribution in [0.15, 0.2) is 42.6 Å². The molecule has 0 radical (unpaired) electrons. The molecule has 2 heterocycles. The number of rotatable bonds is 2. The van der Waals surface area contributed by atoms with Crippen molar-refractivity contribution in [2.75, 3.05) is 0 Å². The number of hydrogen-bond donors (Lipinski definition) is 1. The summed E-state index contributed by atoms with van der Waals surface area (Å²) in [6.07, 6.45) is -2.82. The molecule has 0 atom stereocenters. The highest BCUT2D eigenvalue weighted by Crippen LogP contribution is 2.36. The van der Waals surface area contributed by atoms with Crippen molar-refractivity contribution in [2.24, 2.45) is 5.73 Å². The molecular weight excluding hydrogens is 281 g/mol. The molecule has 0 amide bonds. The Hall–Kier alpha value is -2.41. The zero-order valence-electron chi connectivity index (χ0n) is 10.8. The smallest absolute Gasteiger partial charge is 0.326 e. The molecule has 0 unspecified atom stereocenters. The maximum atomic E-state index is 13.1. The lowest BCUT2D eigenvalue weighted by atomic mass is 10.1. The second-order valence-corrected chi connectivity index (χ2v) is 4.53. The fraction of sp³-hybridized carbons (Fsp3) is 0.143. The largest absolute Gasteiger partial charge is 0.417 e. The molecule has 0 bridgehead atoms. The number of nitrogens with two attached hydrogens (primary N) is 1. The average Bonchev–Trinajstić information content (AvgIpc) is 2.89. The van der Waals surface area contributed by atoms with E-state index in [1.807, 2.05) is 0 Å². The number of nitrogens with zero attached hydrogens (tertiary/aromatic N) is 3. The molecule has 3 aromatic rings. The highest BCUT2D eigenvalue weighted by Gasteiger charge is 2.34. The third kappa shape index (κ3) is 2.36. The molecule has 2 aromatic heterocycles. The van der Waals surface area contributed by atoms with Crippen molar-refractivity contribution in [1.29, 1.82) is 0 Å². The summed E-state index contributed by atoms with van der Waals surface area (Å²) in [7, 11) is 0. The number of fused-ring (bicyclic) bond motifs is 1. The van der Waals surface area contributed by atoms with Crippen LogP contribution in [0.4, 0.5) is 13.2 Å². The van der Waals surface area contributed by atoms with Crippen LogP contribution in [-0.4, -0.2) is 14.6 Å². The van der Waals surface area contributed by atoms with Crippen LogP contribution in [0.2, 0.25) is 0 Å². The molecule has 1 aromatic carbocycles. The molecule has 3 rings (SSSR count). The van der Waals surface area contributed by atoms with Crippen LogP contribution in [0.5, 0.6) is 0 Å². The van der Waals surface area contributed by atoms with E-state index in [0.29, 0.717) is 12.2 Å². The Morgan fingerprint density at radius 1 is 1.10 bits per heavy atom. The van der Waals surface area contributed by atoms with Gasteiger partial charge in [0.2, 0.25) is 0 Å². The quantitative estimate of drug-likeness (QED) is 0.790. The van der Waals surface area contributed by atoms with Gasteiger partial charge in [-0.05, 0) is 23.8 Å². The third-order valence-electron chi connectivity index (χ3n) is 3.18. The molecule has 108 valence electrons. The van der Waals surface area contributed by atoms with Gasteiger partial charge in [0.05, 0.1) is 5.56 Å². The van der Waals surface area contributed by atoms with Crippen molar-refractivity contribution in [1.82, 2.24) is 14.6 Å². The predicted molar refractivity (Wildman–Crippen MR) is 71.3 cm³/mol. The van der Waals surface area contributed by atoms with Crippen molar-refractivity contribution in [3.63, 3.8) is 0 Å². The molecule has 0 fully saturated rings.